The molecule has 24 heteroatoms. The molecule has 4 aromatic rings. The number of thiol groups is 2. The normalized spacial score (nSPS) is 38.3. The Labute approximate surface area is 256 Å². The Kier molecular flexibility index (Phi) is 7.61. The van der Waals surface area contributed by atoms with Crippen molar-refractivity contribution in [2.24, 2.45) is 0 Å². The summed E-state index contributed by atoms with van der Waals surface area (Å²) in [4.78, 5) is 24.3. The van der Waals surface area contributed by atoms with Crippen LogP contribution >= 0.6 is 38.1 Å². The molecule has 0 unspecified atom stereocenters. The van der Waals surface area contributed by atoms with Crippen molar-refractivity contribution in [1.82, 2.24) is 39.0 Å². The second-order valence-electron chi connectivity index (χ2n) is 9.90. The zero-order chi connectivity index (χ0) is 31.0. The zero-order valence-corrected chi connectivity index (χ0v) is 25.5. The Balaban J connectivity index is 1.20. The lowest BCUT2D eigenvalue weighted by molar-refractivity contribution is -0.0572. The summed E-state index contributed by atoms with van der Waals surface area (Å²) in [6.07, 6.45) is -6.87. The van der Waals surface area contributed by atoms with Crippen LogP contribution in [0.2, 0.25) is 0 Å². The fraction of sp³-hybridized carbons (Fsp3) is 0.500. The SMILES string of the molecule is Nc1ncnc2c1ncn2[C@@H]1O[C@@H]2CO[P@@](=O)(S)O[C@@H]3[C@H](F)[C@@H](CO[P@](=O)(S)O[C@H]2[C@H]1O)O[C@H]3n1cnc2c(N)ncnc21. The van der Waals surface area contributed by atoms with Gasteiger partial charge in [0.25, 0.3) is 0 Å². The monoisotopic (exact) mass is 692 g/mol. The molecule has 3 aliphatic heterocycles. The molecule has 0 aromatic carbocycles. The van der Waals surface area contributed by atoms with Crippen LogP contribution in [-0.2, 0) is 36.7 Å². The van der Waals surface area contributed by atoms with Gasteiger partial charge >= 0.3 is 13.6 Å². The fourth-order valence-electron chi connectivity index (χ4n) is 5.20. The van der Waals surface area contributed by atoms with Gasteiger partial charge in [-0.1, -0.05) is 24.5 Å². The van der Waals surface area contributed by atoms with Crippen LogP contribution in [-0.4, -0.2) is 94.0 Å². The third-order valence-electron chi connectivity index (χ3n) is 7.21. The average molecular weight is 693 g/mol. The molecule has 5 N–H and O–H groups in total. The van der Waals surface area contributed by atoms with Crippen LogP contribution in [0.15, 0.2) is 25.3 Å². The lowest BCUT2D eigenvalue weighted by Crippen LogP contribution is -2.35. The van der Waals surface area contributed by atoms with Gasteiger partial charge in [0.2, 0.25) is 0 Å². The summed E-state index contributed by atoms with van der Waals surface area (Å²) in [6, 6.07) is 0. The van der Waals surface area contributed by atoms with Crippen LogP contribution in [0.1, 0.15) is 12.5 Å². The predicted molar refractivity (Wildman–Crippen MR) is 153 cm³/mol. The maximum Gasteiger partial charge on any atom is 0.386 e. The molecule has 3 aliphatic rings. The molecule has 236 valence electrons. The molecular formula is C20H23FN10O9P2S2. The summed E-state index contributed by atoms with van der Waals surface area (Å²) < 4.78 is 79.2. The maximum atomic E-state index is 15.8. The van der Waals surface area contributed by atoms with Gasteiger partial charge in [-0.15, -0.1) is 0 Å². The van der Waals surface area contributed by atoms with Gasteiger partial charge < -0.3 is 26.0 Å². The molecule has 2 bridgehead atoms. The highest BCUT2D eigenvalue weighted by Crippen LogP contribution is 2.60. The van der Waals surface area contributed by atoms with Crippen LogP contribution in [0.5, 0.6) is 0 Å². The molecule has 10 atom stereocenters. The number of nitrogen functional groups attached to an aromatic ring is 2. The van der Waals surface area contributed by atoms with Gasteiger partial charge in [0.15, 0.2) is 41.6 Å². The molecule has 0 spiro atoms. The molecule has 19 nitrogen and oxygen atoms in total. The minimum atomic E-state index is -4.39. The number of nitrogens with two attached hydrogens (primary N) is 2. The van der Waals surface area contributed by atoms with E-state index < -0.39 is 76.0 Å². The van der Waals surface area contributed by atoms with Gasteiger partial charge in [-0.25, -0.2) is 43.4 Å². The number of alkyl halides is 1. The molecule has 3 saturated heterocycles. The molecule has 7 rings (SSSR count). The van der Waals surface area contributed by atoms with Crippen LogP contribution in [0.4, 0.5) is 16.0 Å². The second kappa shape index (κ2) is 11.1. The minimum Gasteiger partial charge on any atom is -0.386 e. The number of aliphatic hydroxyl groups is 1. The molecule has 3 fully saturated rings. The van der Waals surface area contributed by atoms with Crippen LogP contribution in [0.25, 0.3) is 22.3 Å². The number of aromatic nitrogens is 8. The fourth-order valence-corrected chi connectivity index (χ4v) is 8.14. The van der Waals surface area contributed by atoms with Crippen molar-refractivity contribution < 1.29 is 46.2 Å². The van der Waals surface area contributed by atoms with E-state index in [9.17, 15) is 14.2 Å². The summed E-state index contributed by atoms with van der Waals surface area (Å²) in [5.74, 6) is 0.149. The van der Waals surface area contributed by atoms with Gasteiger partial charge in [-0.3, -0.25) is 27.2 Å². The van der Waals surface area contributed by atoms with E-state index in [1.54, 1.807) is 0 Å². The van der Waals surface area contributed by atoms with Crippen molar-refractivity contribution in [2.45, 2.75) is 49.1 Å². The first-order valence-corrected chi connectivity index (χ1v) is 18.1. The number of fused-ring (bicyclic) bond motifs is 5. The first-order chi connectivity index (χ1) is 20.9. The number of halogens is 1. The van der Waals surface area contributed by atoms with Crippen LogP contribution in [0.3, 0.4) is 0 Å². The van der Waals surface area contributed by atoms with Crippen molar-refractivity contribution in [3.8, 4) is 0 Å². The van der Waals surface area contributed by atoms with Gasteiger partial charge in [0, 0.05) is 0 Å². The van der Waals surface area contributed by atoms with Crippen molar-refractivity contribution in [2.75, 3.05) is 24.7 Å². The molecule has 0 amide bonds. The number of ether oxygens (including phenoxy) is 2. The summed E-state index contributed by atoms with van der Waals surface area (Å²) in [6.45, 7) is -9.97. The molecule has 0 radical (unpaired) electrons. The number of hydrogen-bond acceptors (Lipinski definition) is 17. The highest BCUT2D eigenvalue weighted by molar-refractivity contribution is 8.44. The topological polar surface area (TPSA) is 249 Å². The van der Waals surface area contributed by atoms with Gasteiger partial charge in [0.05, 0.1) is 25.9 Å². The smallest absolute Gasteiger partial charge is 0.386 e. The Bertz CT molecular complexity index is 1840. The Hall–Kier alpha value is -2.49. The van der Waals surface area contributed by atoms with Crippen molar-refractivity contribution in [3.05, 3.63) is 25.3 Å². The lowest BCUT2D eigenvalue weighted by Gasteiger charge is -2.26. The second-order valence-corrected chi connectivity index (χ2v) is 15.7. The number of nitrogens with zero attached hydrogens (tertiary/aromatic N) is 8. The Morgan fingerprint density at radius 1 is 0.795 bits per heavy atom. The lowest BCUT2D eigenvalue weighted by atomic mass is 10.1. The third kappa shape index (κ3) is 5.26. The van der Waals surface area contributed by atoms with E-state index >= 15 is 4.39 Å². The number of rotatable bonds is 2. The maximum absolute atomic E-state index is 15.8. The number of hydrogen-bond donors (Lipinski definition) is 5. The van der Waals surface area contributed by atoms with E-state index in [0.29, 0.717) is 0 Å². The standard InChI is InChI=1S/C20H23FN10O9P2S2/c21-9-7-1-35-41(33,43)39-13-8(38-19(12(13)32)30-5-28-10-15(22)24-3-26-17(10)30)2-36-42(34,44)40-14(9)20(37-7)31-6-29-11-16(23)25-4-27-18(11)31/h3-9,12-14,19-20,32H,1-2H2,(H,33,43)(H,34,44)(H2,22,24,26)(H2,23,25,27)/t7-,8-,9-,12-,13-,14-,19-,20-,41+,42-/m1/s1. The first-order valence-electron chi connectivity index (χ1n) is 12.7. The molecule has 0 aliphatic carbocycles. The van der Waals surface area contributed by atoms with Crippen molar-refractivity contribution >= 4 is 72.1 Å². The molecule has 44 heavy (non-hydrogen) atoms. The molecule has 0 saturated carbocycles. The van der Waals surface area contributed by atoms with Gasteiger partial charge in [-0.2, -0.15) is 0 Å². The minimum absolute atomic E-state index is 0.0608. The summed E-state index contributed by atoms with van der Waals surface area (Å²) in [5, 5.41) is 11.2. The van der Waals surface area contributed by atoms with E-state index in [-0.39, 0.29) is 34.0 Å². The van der Waals surface area contributed by atoms with E-state index in [4.69, 9.17) is 39.0 Å². The number of aliphatic hydroxyl groups excluding tert-OH is 1. The largest absolute Gasteiger partial charge is 0.386 e. The van der Waals surface area contributed by atoms with E-state index in [0.717, 1.165) is 0 Å². The van der Waals surface area contributed by atoms with Gasteiger partial charge in [0.1, 0.15) is 54.2 Å². The van der Waals surface area contributed by atoms with Crippen molar-refractivity contribution in [1.29, 1.82) is 0 Å². The highest BCUT2D eigenvalue weighted by Gasteiger charge is 2.54. The van der Waals surface area contributed by atoms with Crippen molar-refractivity contribution in [3.63, 3.8) is 0 Å². The van der Waals surface area contributed by atoms with Gasteiger partial charge in [-0.05, 0) is 0 Å². The van der Waals surface area contributed by atoms with E-state index in [1.165, 1.54) is 34.4 Å². The number of imidazole rings is 2. The molecule has 4 aromatic heterocycles. The summed E-state index contributed by atoms with van der Waals surface area (Å²) in [7, 11) is 0. The Morgan fingerprint density at radius 2 is 1.30 bits per heavy atom. The van der Waals surface area contributed by atoms with E-state index in [2.05, 4.69) is 54.4 Å². The predicted octanol–water partition coefficient (Wildman–Crippen LogP) is 1.22. The molecule has 7 heterocycles. The Morgan fingerprint density at radius 3 is 1.89 bits per heavy atom. The first kappa shape index (κ1) is 30.2. The summed E-state index contributed by atoms with van der Waals surface area (Å²) >= 11 is 8.07. The highest BCUT2D eigenvalue weighted by atomic mass is 32.7. The third-order valence-corrected chi connectivity index (χ3v) is 10.4. The molecular weight excluding hydrogens is 669 g/mol. The summed E-state index contributed by atoms with van der Waals surface area (Å²) in [5.41, 5.74) is 12.6. The van der Waals surface area contributed by atoms with Crippen LogP contribution < -0.4 is 11.5 Å². The number of anilines is 2. The zero-order valence-electron chi connectivity index (χ0n) is 22.0. The van der Waals surface area contributed by atoms with E-state index in [1.807, 2.05) is 0 Å². The average Bonchev–Trinajstić information content (AvgIpc) is 3.73. The quantitative estimate of drug-likeness (QED) is 0.146. The van der Waals surface area contributed by atoms with Crippen LogP contribution in [0, 0.1) is 0 Å².